The zero-order chi connectivity index (χ0) is 13.2. The molecule has 102 valence electrons. The monoisotopic (exact) mass is 261 g/mol. The zero-order valence-corrected chi connectivity index (χ0v) is 11.3. The van der Waals surface area contributed by atoms with Crippen LogP contribution in [0.25, 0.3) is 5.65 Å². The number of hydrogen-bond acceptors (Lipinski definition) is 5. The second kappa shape index (κ2) is 5.14. The molecule has 3 heterocycles. The van der Waals surface area contributed by atoms with E-state index in [-0.39, 0.29) is 0 Å². The van der Waals surface area contributed by atoms with Crippen LogP contribution in [0.4, 0.5) is 5.82 Å². The predicted molar refractivity (Wildman–Crippen MR) is 73.6 cm³/mol. The number of ether oxygens (including phenoxy) is 1. The lowest BCUT2D eigenvalue weighted by molar-refractivity contribution is 0.0937. The van der Waals surface area contributed by atoms with Gasteiger partial charge in [0.25, 0.3) is 0 Å². The first kappa shape index (κ1) is 12.4. The van der Waals surface area contributed by atoms with E-state index >= 15 is 0 Å². The van der Waals surface area contributed by atoms with Gasteiger partial charge in [0.2, 0.25) is 0 Å². The van der Waals surface area contributed by atoms with Crippen LogP contribution < -0.4 is 10.2 Å². The third-order valence-electron chi connectivity index (χ3n) is 3.47. The summed E-state index contributed by atoms with van der Waals surface area (Å²) in [7, 11) is 1.97. The average molecular weight is 261 g/mol. The van der Waals surface area contributed by atoms with Crippen molar-refractivity contribution in [1.82, 2.24) is 19.9 Å². The molecule has 1 N–H and O–H groups in total. The number of fused-ring (bicyclic) bond motifs is 1. The Labute approximate surface area is 112 Å². The average Bonchev–Trinajstić information content (AvgIpc) is 2.87. The number of anilines is 1. The normalized spacial score (nSPS) is 20.1. The van der Waals surface area contributed by atoms with Gasteiger partial charge in [-0.3, -0.25) is 0 Å². The number of nitrogens with one attached hydrogen (secondary N) is 1. The van der Waals surface area contributed by atoms with Crippen molar-refractivity contribution in [2.24, 2.45) is 0 Å². The molecule has 6 nitrogen and oxygen atoms in total. The Morgan fingerprint density at radius 3 is 3.21 bits per heavy atom. The Balaban J connectivity index is 2.03. The van der Waals surface area contributed by atoms with Crippen LogP contribution in [0.1, 0.15) is 5.56 Å². The quantitative estimate of drug-likeness (QED) is 0.870. The number of rotatable bonds is 3. The molecule has 19 heavy (non-hydrogen) atoms. The molecule has 3 rings (SSSR count). The van der Waals surface area contributed by atoms with Crippen molar-refractivity contribution in [3.63, 3.8) is 0 Å². The molecule has 0 saturated carbocycles. The van der Waals surface area contributed by atoms with Crippen molar-refractivity contribution >= 4 is 11.5 Å². The summed E-state index contributed by atoms with van der Waals surface area (Å²) in [5.41, 5.74) is 2.09. The minimum atomic E-state index is 0.327. The van der Waals surface area contributed by atoms with E-state index in [1.807, 2.05) is 17.6 Å². The lowest BCUT2D eigenvalue weighted by Crippen LogP contribution is -2.50. The van der Waals surface area contributed by atoms with E-state index in [9.17, 15) is 0 Å². The number of aryl methyl sites for hydroxylation is 1. The lowest BCUT2D eigenvalue weighted by Gasteiger charge is -2.37. The summed E-state index contributed by atoms with van der Waals surface area (Å²) in [6, 6.07) is 4.53. The molecule has 0 amide bonds. The largest absolute Gasteiger partial charge is 0.377 e. The number of aromatic nitrogens is 3. The first-order valence-electron chi connectivity index (χ1n) is 6.59. The van der Waals surface area contributed by atoms with Gasteiger partial charge in [0, 0.05) is 13.1 Å². The van der Waals surface area contributed by atoms with E-state index in [1.165, 1.54) is 5.56 Å². The van der Waals surface area contributed by atoms with Gasteiger partial charge >= 0.3 is 0 Å². The molecule has 1 aliphatic heterocycles. The molecule has 1 unspecified atom stereocenters. The predicted octanol–water partition coefficient (Wildman–Crippen LogP) is 0.462. The van der Waals surface area contributed by atoms with E-state index in [0.29, 0.717) is 6.04 Å². The third kappa shape index (κ3) is 2.29. The Morgan fingerprint density at radius 1 is 1.47 bits per heavy atom. The minimum Gasteiger partial charge on any atom is -0.377 e. The molecule has 0 radical (unpaired) electrons. The second-order valence-corrected chi connectivity index (χ2v) is 4.90. The fourth-order valence-electron chi connectivity index (χ4n) is 2.60. The topological polar surface area (TPSA) is 54.7 Å². The van der Waals surface area contributed by atoms with Gasteiger partial charge in [-0.15, -0.1) is 0 Å². The van der Waals surface area contributed by atoms with Crippen LogP contribution in [-0.2, 0) is 4.74 Å². The Morgan fingerprint density at radius 2 is 2.37 bits per heavy atom. The first-order valence-corrected chi connectivity index (χ1v) is 6.59. The molecule has 6 heteroatoms. The maximum Gasteiger partial charge on any atom is 0.157 e. The molecule has 0 bridgehead atoms. The SMILES string of the molecule is CNCC1COCCN1c1cc(C)cc2ncnn12. The molecule has 2 aromatic heterocycles. The minimum absolute atomic E-state index is 0.327. The van der Waals surface area contributed by atoms with Gasteiger partial charge in [0.05, 0.1) is 19.3 Å². The summed E-state index contributed by atoms with van der Waals surface area (Å²) >= 11 is 0. The molecule has 0 aliphatic carbocycles. The molecule has 1 atom stereocenters. The molecule has 2 aromatic rings. The first-order chi connectivity index (χ1) is 9.29. The molecular formula is C13H19N5O. The maximum atomic E-state index is 5.58. The lowest BCUT2D eigenvalue weighted by atomic mass is 10.2. The summed E-state index contributed by atoms with van der Waals surface area (Å²) in [5.74, 6) is 1.09. The van der Waals surface area contributed by atoms with Crippen LogP contribution in [0.3, 0.4) is 0 Å². The fraction of sp³-hybridized carbons (Fsp3) is 0.538. The Hall–Kier alpha value is -1.66. The van der Waals surface area contributed by atoms with E-state index in [0.717, 1.165) is 37.8 Å². The third-order valence-corrected chi connectivity index (χ3v) is 3.47. The van der Waals surface area contributed by atoms with Gasteiger partial charge in [0.15, 0.2) is 5.65 Å². The van der Waals surface area contributed by atoms with Crippen molar-refractivity contribution in [3.05, 3.63) is 24.0 Å². The summed E-state index contributed by atoms with van der Waals surface area (Å²) in [6.07, 6.45) is 1.60. The van der Waals surface area contributed by atoms with Gasteiger partial charge in [-0.2, -0.15) is 9.61 Å². The highest BCUT2D eigenvalue weighted by atomic mass is 16.5. The maximum absolute atomic E-state index is 5.58. The van der Waals surface area contributed by atoms with Crippen LogP contribution >= 0.6 is 0 Å². The van der Waals surface area contributed by atoms with E-state index in [4.69, 9.17) is 4.74 Å². The standard InChI is InChI=1S/C13H19N5O/c1-10-5-12-15-9-16-18(12)13(6-10)17-3-4-19-8-11(17)7-14-2/h5-6,9,11,14H,3-4,7-8H2,1-2H3. The highest BCUT2D eigenvalue weighted by molar-refractivity contribution is 5.53. The van der Waals surface area contributed by atoms with Crippen LogP contribution in [0.5, 0.6) is 0 Å². The summed E-state index contributed by atoms with van der Waals surface area (Å²) in [4.78, 5) is 6.64. The van der Waals surface area contributed by atoms with Crippen molar-refractivity contribution in [1.29, 1.82) is 0 Å². The number of pyridine rings is 1. The summed E-state index contributed by atoms with van der Waals surface area (Å²) in [6.45, 7) is 5.36. The zero-order valence-electron chi connectivity index (χ0n) is 11.3. The van der Waals surface area contributed by atoms with Gasteiger partial charge in [-0.1, -0.05) is 0 Å². The van der Waals surface area contributed by atoms with Gasteiger partial charge in [-0.05, 0) is 31.7 Å². The molecule has 0 aromatic carbocycles. The Kier molecular flexibility index (Phi) is 3.35. The van der Waals surface area contributed by atoms with Crippen molar-refractivity contribution in [2.45, 2.75) is 13.0 Å². The van der Waals surface area contributed by atoms with E-state index < -0.39 is 0 Å². The molecule has 0 spiro atoms. The summed E-state index contributed by atoms with van der Waals surface area (Å²) in [5, 5.41) is 7.56. The summed E-state index contributed by atoms with van der Waals surface area (Å²) < 4.78 is 7.49. The van der Waals surface area contributed by atoms with E-state index in [2.05, 4.69) is 33.3 Å². The molecule has 1 aliphatic rings. The fourth-order valence-corrected chi connectivity index (χ4v) is 2.60. The molecule has 1 saturated heterocycles. The molecular weight excluding hydrogens is 242 g/mol. The second-order valence-electron chi connectivity index (χ2n) is 4.90. The number of morpholine rings is 1. The van der Waals surface area contributed by atoms with Crippen LogP contribution in [-0.4, -0.2) is 54.0 Å². The smallest absolute Gasteiger partial charge is 0.157 e. The number of likely N-dealkylation sites (N-methyl/N-ethyl adjacent to an activating group) is 1. The Bertz CT molecular complexity index is 565. The number of nitrogens with zero attached hydrogens (tertiary/aromatic N) is 4. The molecule has 1 fully saturated rings. The van der Waals surface area contributed by atoms with Crippen LogP contribution in [0.15, 0.2) is 18.5 Å². The van der Waals surface area contributed by atoms with Crippen LogP contribution in [0.2, 0.25) is 0 Å². The van der Waals surface area contributed by atoms with Crippen molar-refractivity contribution in [3.8, 4) is 0 Å². The van der Waals surface area contributed by atoms with Crippen molar-refractivity contribution < 1.29 is 4.74 Å². The highest BCUT2D eigenvalue weighted by Gasteiger charge is 2.25. The number of hydrogen-bond donors (Lipinski definition) is 1. The highest BCUT2D eigenvalue weighted by Crippen LogP contribution is 2.21. The van der Waals surface area contributed by atoms with E-state index in [1.54, 1.807) is 6.33 Å². The van der Waals surface area contributed by atoms with Gasteiger partial charge < -0.3 is 15.0 Å². The van der Waals surface area contributed by atoms with Gasteiger partial charge in [-0.25, -0.2) is 4.98 Å². The van der Waals surface area contributed by atoms with Crippen molar-refractivity contribution in [2.75, 3.05) is 38.3 Å². The van der Waals surface area contributed by atoms with Gasteiger partial charge in [0.1, 0.15) is 12.1 Å². The van der Waals surface area contributed by atoms with Crippen LogP contribution in [0, 0.1) is 6.92 Å².